The van der Waals surface area contributed by atoms with Crippen LogP contribution in [0, 0.1) is 6.92 Å². The van der Waals surface area contributed by atoms with Crippen molar-refractivity contribution in [1.82, 2.24) is 20.1 Å². The van der Waals surface area contributed by atoms with Crippen LogP contribution in [0.3, 0.4) is 0 Å². The fourth-order valence-corrected chi connectivity index (χ4v) is 7.13. The molecule has 1 aliphatic carbocycles. The second-order valence-electron chi connectivity index (χ2n) is 9.89. The molecule has 0 aromatic carbocycles. The van der Waals surface area contributed by atoms with Crippen molar-refractivity contribution < 1.29 is 4.74 Å². The van der Waals surface area contributed by atoms with Crippen LogP contribution in [0.25, 0.3) is 10.1 Å². The van der Waals surface area contributed by atoms with Gasteiger partial charge in [0.05, 0.1) is 17.9 Å². The molecule has 7 nitrogen and oxygen atoms in total. The van der Waals surface area contributed by atoms with E-state index in [9.17, 15) is 0 Å². The summed E-state index contributed by atoms with van der Waals surface area (Å²) < 4.78 is 6.79. The zero-order valence-corrected chi connectivity index (χ0v) is 20.8. The SMILES string of the molecule is Cc1sc2cnc(Nc3ccc(N4CCC(N5CCOCC5)CC4)nn3)cc2c1C1CCCC1. The molecule has 3 fully saturated rings. The van der Waals surface area contributed by atoms with Crippen LogP contribution in [-0.4, -0.2) is 65.5 Å². The van der Waals surface area contributed by atoms with Crippen molar-refractivity contribution in [1.29, 1.82) is 0 Å². The van der Waals surface area contributed by atoms with Gasteiger partial charge in [0, 0.05) is 48.7 Å². The summed E-state index contributed by atoms with van der Waals surface area (Å²) in [4.78, 5) is 11.1. The topological polar surface area (TPSA) is 66.4 Å². The molecule has 2 saturated heterocycles. The molecular formula is C26H34N6OS. The lowest BCUT2D eigenvalue weighted by molar-refractivity contribution is 0.0114. The van der Waals surface area contributed by atoms with Crippen LogP contribution in [-0.2, 0) is 4.74 Å². The van der Waals surface area contributed by atoms with E-state index < -0.39 is 0 Å². The molecule has 0 amide bonds. The van der Waals surface area contributed by atoms with E-state index in [1.807, 2.05) is 23.6 Å². The minimum absolute atomic E-state index is 0.671. The van der Waals surface area contributed by atoms with Crippen LogP contribution in [0.15, 0.2) is 24.4 Å². The van der Waals surface area contributed by atoms with Crippen LogP contribution in [0.1, 0.15) is 54.9 Å². The maximum Gasteiger partial charge on any atom is 0.154 e. The van der Waals surface area contributed by atoms with Crippen LogP contribution in [0.4, 0.5) is 17.5 Å². The summed E-state index contributed by atoms with van der Waals surface area (Å²) in [5, 5.41) is 13.8. The molecular weight excluding hydrogens is 444 g/mol. The van der Waals surface area contributed by atoms with Crippen molar-refractivity contribution >= 4 is 38.9 Å². The first kappa shape index (κ1) is 22.2. The largest absolute Gasteiger partial charge is 0.379 e. The smallest absolute Gasteiger partial charge is 0.154 e. The molecule has 1 saturated carbocycles. The summed E-state index contributed by atoms with van der Waals surface area (Å²) in [5.74, 6) is 3.26. The molecule has 0 unspecified atom stereocenters. The first-order chi connectivity index (χ1) is 16.7. The van der Waals surface area contributed by atoms with Gasteiger partial charge in [-0.05, 0) is 62.3 Å². The number of rotatable bonds is 5. The minimum atomic E-state index is 0.671. The summed E-state index contributed by atoms with van der Waals surface area (Å²) >= 11 is 1.87. The average molecular weight is 479 g/mol. The maximum atomic E-state index is 5.51. The Morgan fingerprint density at radius 1 is 0.971 bits per heavy atom. The van der Waals surface area contributed by atoms with Crippen molar-refractivity contribution in [3.63, 3.8) is 0 Å². The fraction of sp³-hybridized carbons (Fsp3) is 0.577. The highest BCUT2D eigenvalue weighted by Gasteiger charge is 2.27. The molecule has 2 aliphatic heterocycles. The van der Waals surface area contributed by atoms with E-state index in [4.69, 9.17) is 4.74 Å². The van der Waals surface area contributed by atoms with Crippen molar-refractivity contribution in [2.45, 2.75) is 57.4 Å². The van der Waals surface area contributed by atoms with Gasteiger partial charge in [-0.3, -0.25) is 4.90 Å². The van der Waals surface area contributed by atoms with Gasteiger partial charge in [-0.25, -0.2) is 4.98 Å². The van der Waals surface area contributed by atoms with Gasteiger partial charge in [0.1, 0.15) is 5.82 Å². The Kier molecular flexibility index (Phi) is 6.37. The van der Waals surface area contributed by atoms with E-state index in [0.29, 0.717) is 12.0 Å². The van der Waals surface area contributed by atoms with Crippen molar-refractivity contribution in [2.75, 3.05) is 49.6 Å². The molecule has 1 N–H and O–H groups in total. The molecule has 180 valence electrons. The van der Waals surface area contributed by atoms with E-state index in [2.05, 4.69) is 49.4 Å². The van der Waals surface area contributed by atoms with Gasteiger partial charge in [0.25, 0.3) is 0 Å². The number of aryl methyl sites for hydroxylation is 1. The summed E-state index contributed by atoms with van der Waals surface area (Å²) in [5.41, 5.74) is 1.55. The third kappa shape index (κ3) is 4.51. The fourth-order valence-electron chi connectivity index (χ4n) is 6.03. The molecule has 3 aromatic rings. The first-order valence-electron chi connectivity index (χ1n) is 12.8. The predicted octanol–water partition coefficient (Wildman–Crippen LogP) is 5.10. The summed E-state index contributed by atoms with van der Waals surface area (Å²) in [7, 11) is 0. The third-order valence-corrected chi connectivity index (χ3v) is 8.89. The number of thiophene rings is 1. The van der Waals surface area contributed by atoms with E-state index in [-0.39, 0.29) is 0 Å². The van der Waals surface area contributed by atoms with Crippen molar-refractivity contribution in [3.8, 4) is 0 Å². The average Bonchev–Trinajstić information content (AvgIpc) is 3.52. The lowest BCUT2D eigenvalue weighted by Crippen LogP contribution is -2.49. The van der Waals surface area contributed by atoms with Crippen LogP contribution in [0.2, 0.25) is 0 Å². The Bertz CT molecular complexity index is 1110. The number of ether oxygens (including phenoxy) is 1. The normalized spacial score (nSPS) is 20.9. The van der Waals surface area contributed by atoms with E-state index in [0.717, 1.165) is 56.8 Å². The molecule has 6 rings (SSSR count). The van der Waals surface area contributed by atoms with Gasteiger partial charge in [0.15, 0.2) is 11.6 Å². The van der Waals surface area contributed by atoms with Gasteiger partial charge in [-0.2, -0.15) is 0 Å². The van der Waals surface area contributed by atoms with Gasteiger partial charge in [0.2, 0.25) is 0 Å². The number of hydrogen-bond donors (Lipinski definition) is 1. The lowest BCUT2D eigenvalue weighted by atomic mass is 9.95. The Hall–Kier alpha value is -2.29. The Balaban J connectivity index is 1.11. The van der Waals surface area contributed by atoms with Crippen LogP contribution >= 0.6 is 11.3 Å². The van der Waals surface area contributed by atoms with E-state index in [1.54, 1.807) is 5.56 Å². The number of nitrogens with one attached hydrogen (secondary N) is 1. The quantitative estimate of drug-likeness (QED) is 0.547. The molecule has 8 heteroatoms. The van der Waals surface area contributed by atoms with Crippen LogP contribution in [0.5, 0.6) is 0 Å². The summed E-state index contributed by atoms with van der Waals surface area (Å²) in [6, 6.07) is 6.99. The van der Waals surface area contributed by atoms with E-state index >= 15 is 0 Å². The second kappa shape index (κ2) is 9.76. The third-order valence-electron chi connectivity index (χ3n) is 7.82. The Labute approximate surface area is 205 Å². The molecule has 34 heavy (non-hydrogen) atoms. The van der Waals surface area contributed by atoms with Crippen molar-refractivity contribution in [3.05, 3.63) is 34.8 Å². The van der Waals surface area contributed by atoms with Gasteiger partial charge in [-0.15, -0.1) is 21.5 Å². The van der Waals surface area contributed by atoms with Gasteiger partial charge in [-0.1, -0.05) is 12.8 Å². The van der Waals surface area contributed by atoms with Crippen LogP contribution < -0.4 is 10.2 Å². The van der Waals surface area contributed by atoms with Gasteiger partial charge >= 0.3 is 0 Å². The van der Waals surface area contributed by atoms with E-state index in [1.165, 1.54) is 53.5 Å². The molecule has 3 aromatic heterocycles. The number of morpholine rings is 1. The zero-order chi connectivity index (χ0) is 22.9. The number of pyridine rings is 1. The predicted molar refractivity (Wildman–Crippen MR) is 139 cm³/mol. The summed E-state index contributed by atoms with van der Waals surface area (Å²) in [6.07, 6.45) is 9.69. The molecule has 3 aliphatic rings. The number of hydrogen-bond acceptors (Lipinski definition) is 8. The monoisotopic (exact) mass is 478 g/mol. The molecule has 0 spiro atoms. The zero-order valence-electron chi connectivity index (χ0n) is 20.0. The highest BCUT2D eigenvalue weighted by Crippen LogP contribution is 2.43. The highest BCUT2D eigenvalue weighted by molar-refractivity contribution is 7.19. The second-order valence-corrected chi connectivity index (χ2v) is 11.1. The maximum absolute atomic E-state index is 5.51. The Morgan fingerprint density at radius 2 is 1.76 bits per heavy atom. The number of aromatic nitrogens is 3. The number of piperidine rings is 1. The summed E-state index contributed by atoms with van der Waals surface area (Å²) in [6.45, 7) is 8.20. The molecule has 0 radical (unpaired) electrons. The van der Waals surface area contributed by atoms with Crippen molar-refractivity contribution in [2.24, 2.45) is 0 Å². The first-order valence-corrected chi connectivity index (χ1v) is 13.6. The highest BCUT2D eigenvalue weighted by atomic mass is 32.1. The number of fused-ring (bicyclic) bond motifs is 1. The van der Waals surface area contributed by atoms with Gasteiger partial charge < -0.3 is 15.0 Å². The number of anilines is 3. The molecule has 5 heterocycles. The minimum Gasteiger partial charge on any atom is -0.379 e. The number of nitrogens with zero attached hydrogens (tertiary/aromatic N) is 5. The standard InChI is InChI=1S/C26H34N6OS/c1-18-26(19-4-2-3-5-19)21-16-24(27-17-22(21)34-18)28-23-6-7-25(30-29-23)32-10-8-20(9-11-32)31-12-14-33-15-13-31/h6-7,16-17,19-20H,2-5,8-15H2,1H3,(H,27,28,29). The lowest BCUT2D eigenvalue weighted by Gasteiger charge is -2.40. The molecule has 0 atom stereocenters. The Morgan fingerprint density at radius 3 is 2.50 bits per heavy atom. The molecule has 0 bridgehead atoms.